The first-order valence-corrected chi connectivity index (χ1v) is 6.12. The Hall–Kier alpha value is -1.89. The second kappa shape index (κ2) is 4.17. The zero-order valence-corrected chi connectivity index (χ0v) is 9.93. The molecular formula is C16H15N. The predicted octanol–water partition coefficient (Wildman–Crippen LogP) is 4.29. The van der Waals surface area contributed by atoms with Gasteiger partial charge >= 0.3 is 0 Å². The van der Waals surface area contributed by atoms with Crippen LogP contribution in [0.5, 0.6) is 0 Å². The van der Waals surface area contributed by atoms with E-state index in [4.69, 9.17) is 0 Å². The highest BCUT2D eigenvalue weighted by molar-refractivity contribution is 5.86. The van der Waals surface area contributed by atoms with E-state index in [0.717, 1.165) is 12.1 Å². The van der Waals surface area contributed by atoms with Gasteiger partial charge in [0, 0.05) is 12.1 Å². The van der Waals surface area contributed by atoms with Crippen molar-refractivity contribution in [1.29, 1.82) is 0 Å². The van der Waals surface area contributed by atoms with E-state index >= 15 is 0 Å². The molecule has 1 atom stereocenters. The lowest BCUT2D eigenvalue weighted by Crippen LogP contribution is -2.01. The minimum Gasteiger partial charge on any atom is -0.256 e. The van der Waals surface area contributed by atoms with Crippen LogP contribution in [-0.2, 0) is 0 Å². The molecule has 0 N–H and O–H groups in total. The number of para-hydroxylation sites is 1. The Balaban J connectivity index is 2.25. The maximum Gasteiger partial charge on any atom is 0.0668 e. The van der Waals surface area contributed by atoms with Crippen molar-refractivity contribution in [2.45, 2.75) is 19.3 Å². The van der Waals surface area contributed by atoms with Crippen molar-refractivity contribution in [3.63, 3.8) is 0 Å². The standard InChI is InChI=1S/C16H15N/c1-2-13-14-8-4-3-7-12(14)11-17-16-10-6-5-9-15(13)16/h3-11,13H,2H2,1H3. The molecule has 0 saturated heterocycles. The average Bonchev–Trinajstić information content (AvgIpc) is 2.55. The second-order valence-corrected chi connectivity index (χ2v) is 4.41. The first kappa shape index (κ1) is 10.3. The SMILES string of the molecule is CCC1c2ccccc2C=Nc2ccccc21. The van der Waals surface area contributed by atoms with Crippen LogP contribution in [0.2, 0.25) is 0 Å². The van der Waals surface area contributed by atoms with Gasteiger partial charge < -0.3 is 0 Å². The average molecular weight is 221 g/mol. The smallest absolute Gasteiger partial charge is 0.0668 e. The molecule has 0 bridgehead atoms. The maximum absolute atomic E-state index is 4.60. The van der Waals surface area contributed by atoms with Gasteiger partial charge in [-0.2, -0.15) is 0 Å². The molecule has 2 aromatic rings. The molecule has 0 aliphatic carbocycles. The van der Waals surface area contributed by atoms with Crippen LogP contribution in [0.1, 0.15) is 36.0 Å². The van der Waals surface area contributed by atoms with Crippen LogP contribution < -0.4 is 0 Å². The third-order valence-corrected chi connectivity index (χ3v) is 3.43. The topological polar surface area (TPSA) is 12.4 Å². The molecule has 0 amide bonds. The molecule has 1 heterocycles. The van der Waals surface area contributed by atoms with Gasteiger partial charge in [0.2, 0.25) is 0 Å². The lowest BCUT2D eigenvalue weighted by molar-refractivity contribution is 0.779. The Bertz CT molecular complexity index is 520. The summed E-state index contributed by atoms with van der Waals surface area (Å²) in [5.74, 6) is 0.463. The molecule has 84 valence electrons. The van der Waals surface area contributed by atoms with E-state index in [2.05, 4.69) is 60.4 Å². The molecule has 1 unspecified atom stereocenters. The third kappa shape index (κ3) is 1.68. The molecule has 0 aromatic heterocycles. The van der Waals surface area contributed by atoms with E-state index in [1.807, 2.05) is 6.21 Å². The fraction of sp³-hybridized carbons (Fsp3) is 0.188. The number of benzene rings is 2. The highest BCUT2D eigenvalue weighted by atomic mass is 14.7. The van der Waals surface area contributed by atoms with E-state index in [9.17, 15) is 0 Å². The van der Waals surface area contributed by atoms with Crippen molar-refractivity contribution < 1.29 is 0 Å². The Morgan fingerprint density at radius 3 is 2.47 bits per heavy atom. The van der Waals surface area contributed by atoms with Gasteiger partial charge in [-0.3, -0.25) is 4.99 Å². The molecule has 2 aromatic carbocycles. The van der Waals surface area contributed by atoms with Gasteiger partial charge in [-0.25, -0.2) is 0 Å². The van der Waals surface area contributed by atoms with Gasteiger partial charge in [0.1, 0.15) is 0 Å². The summed E-state index contributed by atoms with van der Waals surface area (Å²) in [4.78, 5) is 4.60. The first-order chi connectivity index (χ1) is 8.40. The summed E-state index contributed by atoms with van der Waals surface area (Å²) < 4.78 is 0. The second-order valence-electron chi connectivity index (χ2n) is 4.41. The number of hydrogen-bond donors (Lipinski definition) is 0. The summed E-state index contributed by atoms with van der Waals surface area (Å²) >= 11 is 0. The zero-order valence-electron chi connectivity index (χ0n) is 9.93. The number of fused-ring (bicyclic) bond motifs is 2. The summed E-state index contributed by atoms with van der Waals surface area (Å²) in [5, 5.41) is 0. The minimum atomic E-state index is 0.463. The van der Waals surface area contributed by atoms with Gasteiger partial charge in [-0.15, -0.1) is 0 Å². The van der Waals surface area contributed by atoms with Crippen LogP contribution in [0.15, 0.2) is 53.5 Å². The number of nitrogens with zero attached hydrogens (tertiary/aromatic N) is 1. The Kier molecular flexibility index (Phi) is 2.52. The van der Waals surface area contributed by atoms with Crippen LogP contribution in [-0.4, -0.2) is 6.21 Å². The lowest BCUT2D eigenvalue weighted by Gasteiger charge is -2.17. The van der Waals surface area contributed by atoms with Gasteiger partial charge in [-0.1, -0.05) is 49.4 Å². The summed E-state index contributed by atoms with van der Waals surface area (Å²) in [5.41, 5.74) is 5.09. The quantitative estimate of drug-likeness (QED) is 0.681. The Morgan fingerprint density at radius 1 is 0.941 bits per heavy atom. The molecule has 0 fully saturated rings. The van der Waals surface area contributed by atoms with Crippen molar-refractivity contribution in [3.05, 3.63) is 65.2 Å². The molecule has 1 aliphatic heterocycles. The van der Waals surface area contributed by atoms with Crippen LogP contribution in [0.3, 0.4) is 0 Å². The van der Waals surface area contributed by atoms with Crippen molar-refractivity contribution in [2.24, 2.45) is 4.99 Å². The van der Waals surface area contributed by atoms with Gasteiger partial charge in [0.15, 0.2) is 0 Å². The van der Waals surface area contributed by atoms with E-state index in [1.165, 1.54) is 16.7 Å². The van der Waals surface area contributed by atoms with Crippen molar-refractivity contribution >= 4 is 11.9 Å². The first-order valence-electron chi connectivity index (χ1n) is 6.12. The van der Waals surface area contributed by atoms with Crippen LogP contribution in [0.4, 0.5) is 5.69 Å². The highest BCUT2D eigenvalue weighted by Crippen LogP contribution is 2.37. The van der Waals surface area contributed by atoms with E-state index < -0.39 is 0 Å². The maximum atomic E-state index is 4.60. The molecule has 0 saturated carbocycles. The fourth-order valence-electron chi connectivity index (χ4n) is 2.59. The highest BCUT2D eigenvalue weighted by Gasteiger charge is 2.19. The summed E-state index contributed by atoms with van der Waals surface area (Å²) in [7, 11) is 0. The van der Waals surface area contributed by atoms with Crippen molar-refractivity contribution in [1.82, 2.24) is 0 Å². The van der Waals surface area contributed by atoms with Crippen LogP contribution in [0.25, 0.3) is 0 Å². The predicted molar refractivity (Wildman–Crippen MR) is 72.3 cm³/mol. The number of hydrogen-bond acceptors (Lipinski definition) is 1. The number of aliphatic imine (C=N–C) groups is 1. The lowest BCUT2D eigenvalue weighted by atomic mass is 9.86. The molecule has 0 radical (unpaired) electrons. The third-order valence-electron chi connectivity index (χ3n) is 3.43. The van der Waals surface area contributed by atoms with Crippen LogP contribution in [0, 0.1) is 0 Å². The van der Waals surface area contributed by atoms with Crippen molar-refractivity contribution in [2.75, 3.05) is 0 Å². The molecular weight excluding hydrogens is 206 g/mol. The molecule has 1 nitrogen and oxygen atoms in total. The molecule has 17 heavy (non-hydrogen) atoms. The normalized spacial score (nSPS) is 17.1. The largest absolute Gasteiger partial charge is 0.256 e. The van der Waals surface area contributed by atoms with E-state index in [1.54, 1.807) is 0 Å². The minimum absolute atomic E-state index is 0.463. The molecule has 3 rings (SSSR count). The zero-order chi connectivity index (χ0) is 11.7. The molecule has 1 heteroatoms. The Labute approximate surface area is 102 Å². The summed E-state index contributed by atoms with van der Waals surface area (Å²) in [6, 6.07) is 17.0. The summed E-state index contributed by atoms with van der Waals surface area (Å²) in [6.07, 6.45) is 3.10. The van der Waals surface area contributed by atoms with Gasteiger partial charge in [0.05, 0.1) is 5.69 Å². The monoisotopic (exact) mass is 221 g/mol. The molecule has 0 spiro atoms. The Morgan fingerprint density at radius 2 is 1.65 bits per heavy atom. The van der Waals surface area contributed by atoms with Gasteiger partial charge in [-0.05, 0) is 29.2 Å². The number of rotatable bonds is 1. The van der Waals surface area contributed by atoms with Crippen LogP contribution >= 0.6 is 0 Å². The van der Waals surface area contributed by atoms with Gasteiger partial charge in [0.25, 0.3) is 0 Å². The molecule has 1 aliphatic rings. The van der Waals surface area contributed by atoms with E-state index in [-0.39, 0.29) is 0 Å². The summed E-state index contributed by atoms with van der Waals surface area (Å²) in [6.45, 7) is 2.24. The van der Waals surface area contributed by atoms with E-state index in [0.29, 0.717) is 5.92 Å². The van der Waals surface area contributed by atoms with Crippen molar-refractivity contribution in [3.8, 4) is 0 Å². The fourth-order valence-corrected chi connectivity index (χ4v) is 2.59.